The van der Waals surface area contributed by atoms with E-state index in [1.54, 1.807) is 25.4 Å². The van der Waals surface area contributed by atoms with E-state index in [1.807, 2.05) is 31.5 Å². The Balaban J connectivity index is 0.000000517. The number of hydrogen-bond acceptors (Lipinski definition) is 7. The zero-order valence-corrected chi connectivity index (χ0v) is 23.2. The molecule has 42 heavy (non-hydrogen) atoms. The molecule has 3 aromatic heterocycles. The van der Waals surface area contributed by atoms with E-state index >= 15 is 0 Å². The van der Waals surface area contributed by atoms with Gasteiger partial charge in [0.2, 0.25) is 5.56 Å². The van der Waals surface area contributed by atoms with Gasteiger partial charge in [-0.05, 0) is 45.0 Å². The number of ether oxygens (including phenoxy) is 1. The highest BCUT2D eigenvalue weighted by atomic mass is 19.4. The SMILES string of the molecule is Cc1nc(-c2ccc(=O)n(C)c2)nc(-c2cc3n(n2)CCNC3)c1-c1ccc(F)cc1OC(C)C.O=C(O)C(F)(F)F. The molecule has 0 unspecified atom stereocenters. The molecule has 0 spiro atoms. The summed E-state index contributed by atoms with van der Waals surface area (Å²) in [4.78, 5) is 30.5. The van der Waals surface area contributed by atoms with Gasteiger partial charge in [0.05, 0.1) is 24.0 Å². The molecule has 1 aromatic carbocycles. The topological polar surface area (TPSA) is 124 Å². The fourth-order valence-electron chi connectivity index (χ4n) is 4.30. The van der Waals surface area contributed by atoms with Gasteiger partial charge >= 0.3 is 12.1 Å². The molecule has 5 rings (SSSR count). The van der Waals surface area contributed by atoms with Crippen LogP contribution in [0.2, 0.25) is 0 Å². The van der Waals surface area contributed by atoms with E-state index in [0.717, 1.165) is 30.9 Å². The maximum absolute atomic E-state index is 14.2. The molecule has 222 valence electrons. The van der Waals surface area contributed by atoms with Crippen LogP contribution in [0.15, 0.2) is 47.4 Å². The number of halogens is 4. The number of alkyl halides is 3. The fourth-order valence-corrected chi connectivity index (χ4v) is 4.30. The van der Waals surface area contributed by atoms with Gasteiger partial charge in [0.1, 0.15) is 23.0 Å². The lowest BCUT2D eigenvalue weighted by atomic mass is 9.98. The summed E-state index contributed by atoms with van der Waals surface area (Å²) in [7, 11) is 1.69. The quantitative estimate of drug-likeness (QED) is 0.330. The highest BCUT2D eigenvalue weighted by Crippen LogP contribution is 2.39. The van der Waals surface area contributed by atoms with Crippen LogP contribution in [-0.4, -0.2) is 54.2 Å². The first-order chi connectivity index (χ1) is 19.7. The first-order valence-corrected chi connectivity index (χ1v) is 12.8. The van der Waals surface area contributed by atoms with Crippen LogP contribution in [0.4, 0.5) is 17.6 Å². The van der Waals surface area contributed by atoms with Gasteiger partial charge in [0.15, 0.2) is 5.82 Å². The largest absolute Gasteiger partial charge is 0.490 e. The van der Waals surface area contributed by atoms with E-state index in [9.17, 15) is 22.4 Å². The standard InChI is InChI=1S/C26H27FN6O2.C2HF3O2/c1-15(2)35-22-11-18(27)6-7-20(22)24-16(3)29-26(17-5-8-23(34)32(4)14-17)30-25(24)21-12-19-13-28-9-10-33(19)31-21;3-2(4,5)1(6)7/h5-8,11-12,14-15,28H,9-10,13H2,1-4H3;(H,6,7). The van der Waals surface area contributed by atoms with Crippen molar-refractivity contribution < 1.29 is 32.2 Å². The fraction of sp³-hybridized carbons (Fsp3) is 0.321. The van der Waals surface area contributed by atoms with Gasteiger partial charge in [-0.15, -0.1) is 0 Å². The summed E-state index contributed by atoms with van der Waals surface area (Å²) in [6, 6.07) is 9.74. The number of fused-ring (bicyclic) bond motifs is 1. The Bertz CT molecular complexity index is 1660. The third-order valence-electron chi connectivity index (χ3n) is 6.16. The average Bonchev–Trinajstić information content (AvgIpc) is 3.34. The number of aliphatic carboxylic acids is 1. The number of aryl methyl sites for hydroxylation is 2. The second kappa shape index (κ2) is 12.1. The van der Waals surface area contributed by atoms with Gasteiger partial charge < -0.3 is 19.7 Å². The molecule has 0 radical (unpaired) electrons. The second-order valence-corrected chi connectivity index (χ2v) is 9.75. The highest BCUT2D eigenvalue weighted by molar-refractivity contribution is 5.85. The zero-order chi connectivity index (χ0) is 30.8. The van der Waals surface area contributed by atoms with Crippen LogP contribution >= 0.6 is 0 Å². The number of carbonyl (C=O) groups is 1. The lowest BCUT2D eigenvalue weighted by molar-refractivity contribution is -0.192. The van der Waals surface area contributed by atoms with Crippen LogP contribution < -0.4 is 15.6 Å². The number of benzene rings is 1. The van der Waals surface area contributed by atoms with Crippen molar-refractivity contribution >= 4 is 5.97 Å². The predicted molar refractivity (Wildman–Crippen MR) is 145 cm³/mol. The Morgan fingerprint density at radius 2 is 1.86 bits per heavy atom. The maximum Gasteiger partial charge on any atom is 0.490 e. The summed E-state index contributed by atoms with van der Waals surface area (Å²) in [5.41, 5.74) is 5.13. The summed E-state index contributed by atoms with van der Waals surface area (Å²) < 4.78 is 55.4. The van der Waals surface area contributed by atoms with Gasteiger partial charge in [-0.25, -0.2) is 19.2 Å². The van der Waals surface area contributed by atoms with Crippen LogP contribution in [-0.2, 0) is 24.9 Å². The Kier molecular flexibility index (Phi) is 8.75. The normalized spacial score (nSPS) is 12.9. The minimum Gasteiger partial charge on any atom is -0.490 e. The van der Waals surface area contributed by atoms with Crippen molar-refractivity contribution in [2.24, 2.45) is 7.05 Å². The Morgan fingerprint density at radius 3 is 2.48 bits per heavy atom. The molecule has 0 atom stereocenters. The lowest BCUT2D eigenvalue weighted by Gasteiger charge is -2.18. The molecule has 14 heteroatoms. The number of nitrogens with one attached hydrogen (secondary N) is 1. The molecule has 0 fully saturated rings. The number of aromatic nitrogens is 5. The third-order valence-corrected chi connectivity index (χ3v) is 6.16. The molecule has 1 aliphatic heterocycles. The van der Waals surface area contributed by atoms with Crippen molar-refractivity contribution in [1.29, 1.82) is 0 Å². The van der Waals surface area contributed by atoms with Crippen molar-refractivity contribution in [3.63, 3.8) is 0 Å². The average molecular weight is 589 g/mol. The Labute approximate surface area is 237 Å². The second-order valence-electron chi connectivity index (χ2n) is 9.75. The molecule has 10 nitrogen and oxygen atoms in total. The van der Waals surface area contributed by atoms with Crippen LogP contribution in [0.3, 0.4) is 0 Å². The number of carboxylic acids is 1. The molecular formula is C28H28F4N6O4. The molecule has 0 saturated carbocycles. The molecule has 4 heterocycles. The molecule has 0 saturated heterocycles. The highest BCUT2D eigenvalue weighted by Gasteiger charge is 2.38. The lowest BCUT2D eigenvalue weighted by Crippen LogP contribution is -2.28. The maximum atomic E-state index is 14.2. The summed E-state index contributed by atoms with van der Waals surface area (Å²) in [5, 5.41) is 15.3. The first-order valence-electron chi connectivity index (χ1n) is 12.8. The van der Waals surface area contributed by atoms with Crippen LogP contribution in [0.25, 0.3) is 33.9 Å². The molecule has 4 aromatic rings. The van der Waals surface area contributed by atoms with E-state index < -0.39 is 12.1 Å². The van der Waals surface area contributed by atoms with Gasteiger partial charge in [0.25, 0.3) is 0 Å². The van der Waals surface area contributed by atoms with E-state index in [1.165, 1.54) is 22.8 Å². The molecule has 0 amide bonds. The molecule has 2 N–H and O–H groups in total. The monoisotopic (exact) mass is 588 g/mol. The summed E-state index contributed by atoms with van der Waals surface area (Å²) in [5.74, 6) is -2.23. The molecule has 0 bridgehead atoms. The smallest absolute Gasteiger partial charge is 0.490 e. The van der Waals surface area contributed by atoms with Gasteiger partial charge in [0, 0.05) is 55.2 Å². The van der Waals surface area contributed by atoms with E-state index in [4.69, 9.17) is 29.7 Å². The molecule has 0 aliphatic carbocycles. The number of carboxylic acid groups (broad SMARTS) is 1. The minimum atomic E-state index is -5.08. The zero-order valence-electron chi connectivity index (χ0n) is 23.2. The third kappa shape index (κ3) is 6.82. The molecular weight excluding hydrogens is 560 g/mol. The Hall–Kier alpha value is -4.59. The summed E-state index contributed by atoms with van der Waals surface area (Å²) in [6.45, 7) is 8.03. The number of nitrogens with zero attached hydrogens (tertiary/aromatic N) is 5. The van der Waals surface area contributed by atoms with Crippen LogP contribution in [0, 0.1) is 12.7 Å². The first kappa shape index (κ1) is 30.4. The van der Waals surface area contributed by atoms with Crippen molar-refractivity contribution in [3.05, 3.63) is 70.2 Å². The van der Waals surface area contributed by atoms with Crippen molar-refractivity contribution in [2.75, 3.05) is 6.54 Å². The van der Waals surface area contributed by atoms with Crippen LogP contribution in [0.1, 0.15) is 25.2 Å². The van der Waals surface area contributed by atoms with Crippen molar-refractivity contribution in [3.8, 4) is 39.7 Å². The van der Waals surface area contributed by atoms with Gasteiger partial charge in [-0.2, -0.15) is 18.3 Å². The van der Waals surface area contributed by atoms with E-state index in [0.29, 0.717) is 39.8 Å². The summed E-state index contributed by atoms with van der Waals surface area (Å²) in [6.07, 6.45) is -3.51. The molecule has 1 aliphatic rings. The number of pyridine rings is 1. The number of hydrogen-bond donors (Lipinski definition) is 2. The van der Waals surface area contributed by atoms with Gasteiger partial charge in [-0.1, -0.05) is 0 Å². The van der Waals surface area contributed by atoms with E-state index in [2.05, 4.69) is 5.32 Å². The van der Waals surface area contributed by atoms with E-state index in [-0.39, 0.29) is 17.5 Å². The van der Waals surface area contributed by atoms with Crippen molar-refractivity contribution in [2.45, 2.75) is 46.1 Å². The van der Waals surface area contributed by atoms with Crippen molar-refractivity contribution in [1.82, 2.24) is 29.6 Å². The van der Waals surface area contributed by atoms with Gasteiger partial charge in [-0.3, -0.25) is 9.48 Å². The summed E-state index contributed by atoms with van der Waals surface area (Å²) >= 11 is 0. The number of rotatable bonds is 5. The minimum absolute atomic E-state index is 0.113. The Morgan fingerprint density at radius 1 is 1.14 bits per heavy atom. The van der Waals surface area contributed by atoms with Crippen LogP contribution in [0.5, 0.6) is 5.75 Å². The predicted octanol–water partition coefficient (Wildman–Crippen LogP) is 4.34.